The second kappa shape index (κ2) is 6.24. The first-order valence-corrected chi connectivity index (χ1v) is 4.58. The lowest BCUT2D eigenvalue weighted by atomic mass is 9.93. The molecule has 2 N–H and O–H groups in total. The predicted molar refractivity (Wildman–Crippen MR) is 52.2 cm³/mol. The summed E-state index contributed by atoms with van der Waals surface area (Å²) in [4.78, 5) is 11.2. The minimum Gasteiger partial charge on any atom is -0.350 e. The summed E-state index contributed by atoms with van der Waals surface area (Å²) >= 11 is 0. The zero-order valence-corrected chi connectivity index (χ0v) is 9.13. The van der Waals surface area contributed by atoms with Gasteiger partial charge in [-0.1, -0.05) is 0 Å². The third kappa shape index (κ3) is 4.13. The van der Waals surface area contributed by atoms with Crippen LogP contribution in [0.2, 0.25) is 0 Å². The molecule has 0 aliphatic carbocycles. The molecule has 1 atom stereocenters. The minimum absolute atomic E-state index is 0. The molecule has 0 aromatic heterocycles. The van der Waals surface area contributed by atoms with Crippen molar-refractivity contribution >= 4 is 18.3 Å². The van der Waals surface area contributed by atoms with Crippen molar-refractivity contribution in [1.82, 2.24) is 10.6 Å². The van der Waals surface area contributed by atoms with Gasteiger partial charge in [-0.05, 0) is 13.0 Å². The number of carbonyl (C=O) groups excluding carboxylic acids is 1. The van der Waals surface area contributed by atoms with Crippen LogP contribution in [0.4, 0.5) is 17.6 Å². The van der Waals surface area contributed by atoms with Crippen LogP contribution >= 0.6 is 12.4 Å². The molecule has 1 aliphatic rings. The van der Waals surface area contributed by atoms with E-state index in [1.807, 2.05) is 5.32 Å². The number of amides is 1. The van der Waals surface area contributed by atoms with Gasteiger partial charge in [-0.2, -0.15) is 0 Å². The highest BCUT2D eigenvalue weighted by Gasteiger charge is 2.45. The van der Waals surface area contributed by atoms with Gasteiger partial charge in [0.15, 0.2) is 0 Å². The van der Waals surface area contributed by atoms with Gasteiger partial charge in [-0.15, -0.1) is 12.4 Å². The van der Waals surface area contributed by atoms with Crippen LogP contribution in [0.15, 0.2) is 0 Å². The molecule has 0 radical (unpaired) electrons. The van der Waals surface area contributed by atoms with Crippen molar-refractivity contribution < 1.29 is 22.4 Å². The quantitative estimate of drug-likeness (QED) is 0.748. The van der Waals surface area contributed by atoms with Crippen molar-refractivity contribution in [3.05, 3.63) is 0 Å². The molecule has 0 saturated carbocycles. The first kappa shape index (κ1) is 15.4. The van der Waals surface area contributed by atoms with Gasteiger partial charge in [0.2, 0.25) is 5.91 Å². The maximum Gasteiger partial charge on any atom is 0.271 e. The molecular formula is C8H13ClF4N2O. The van der Waals surface area contributed by atoms with Gasteiger partial charge >= 0.3 is 0 Å². The summed E-state index contributed by atoms with van der Waals surface area (Å²) in [6.07, 6.45) is -2.76. The molecule has 1 rings (SSSR count). The van der Waals surface area contributed by atoms with Gasteiger partial charge in [0.25, 0.3) is 12.3 Å². The molecule has 0 bridgehead atoms. The number of nitrogens with one attached hydrogen (secondary N) is 2. The third-order valence-electron chi connectivity index (χ3n) is 2.23. The van der Waals surface area contributed by atoms with Crippen LogP contribution < -0.4 is 10.6 Å². The molecule has 1 heterocycles. The summed E-state index contributed by atoms with van der Waals surface area (Å²) < 4.78 is 49.7. The largest absolute Gasteiger partial charge is 0.350 e. The highest BCUT2D eigenvalue weighted by molar-refractivity contribution is 5.85. The fourth-order valence-corrected chi connectivity index (χ4v) is 1.46. The molecule has 16 heavy (non-hydrogen) atoms. The number of halogens is 5. The molecular weight excluding hydrogens is 252 g/mol. The van der Waals surface area contributed by atoms with Gasteiger partial charge in [0.05, 0.1) is 13.1 Å². The van der Waals surface area contributed by atoms with Crippen molar-refractivity contribution in [3.63, 3.8) is 0 Å². The first-order chi connectivity index (χ1) is 6.93. The lowest BCUT2D eigenvalue weighted by Gasteiger charge is -2.30. The SMILES string of the molecule is Cl.O=C(NCC(F)F)C1CCNCC1(F)F. The van der Waals surface area contributed by atoms with Gasteiger partial charge in [-0.3, -0.25) is 4.79 Å². The van der Waals surface area contributed by atoms with E-state index in [1.165, 1.54) is 0 Å². The Labute approximate surface area is 96.4 Å². The van der Waals surface area contributed by atoms with E-state index >= 15 is 0 Å². The predicted octanol–water partition coefficient (Wildman–Crippen LogP) is 1.03. The second-order valence-electron chi connectivity index (χ2n) is 3.42. The fourth-order valence-electron chi connectivity index (χ4n) is 1.46. The first-order valence-electron chi connectivity index (χ1n) is 4.58. The molecule has 1 aliphatic heterocycles. The monoisotopic (exact) mass is 264 g/mol. The van der Waals surface area contributed by atoms with E-state index in [4.69, 9.17) is 0 Å². The van der Waals surface area contributed by atoms with E-state index in [2.05, 4.69) is 5.32 Å². The summed E-state index contributed by atoms with van der Waals surface area (Å²) in [5.41, 5.74) is 0. The van der Waals surface area contributed by atoms with E-state index in [0.717, 1.165) is 0 Å². The molecule has 3 nitrogen and oxygen atoms in total. The fraction of sp³-hybridized carbons (Fsp3) is 0.875. The Balaban J connectivity index is 0.00000225. The summed E-state index contributed by atoms with van der Waals surface area (Å²) in [5.74, 6) is -5.66. The van der Waals surface area contributed by atoms with E-state index in [9.17, 15) is 22.4 Å². The molecule has 0 spiro atoms. The van der Waals surface area contributed by atoms with E-state index in [-0.39, 0.29) is 18.8 Å². The van der Waals surface area contributed by atoms with E-state index < -0.39 is 37.3 Å². The maximum atomic E-state index is 13.1. The van der Waals surface area contributed by atoms with Crippen LogP contribution in [-0.2, 0) is 4.79 Å². The van der Waals surface area contributed by atoms with Gasteiger partial charge < -0.3 is 10.6 Å². The normalized spacial score (nSPS) is 23.7. The molecule has 96 valence electrons. The maximum absolute atomic E-state index is 13.1. The average Bonchev–Trinajstić information content (AvgIpc) is 2.13. The summed E-state index contributed by atoms with van der Waals surface area (Å²) in [7, 11) is 0. The van der Waals surface area contributed by atoms with Crippen molar-refractivity contribution in [3.8, 4) is 0 Å². The van der Waals surface area contributed by atoms with Gasteiger partial charge in [0.1, 0.15) is 5.92 Å². The number of alkyl halides is 4. The van der Waals surface area contributed by atoms with Crippen LogP contribution in [-0.4, -0.2) is 37.9 Å². The molecule has 0 aromatic rings. The van der Waals surface area contributed by atoms with Gasteiger partial charge in [-0.25, -0.2) is 17.6 Å². The standard InChI is InChI=1S/C8H12F4N2O.ClH/c9-6(10)3-14-7(15)5-1-2-13-4-8(5,11)12;/h5-6,13H,1-4H2,(H,14,15);1H. The topological polar surface area (TPSA) is 41.1 Å². The molecule has 8 heteroatoms. The zero-order valence-electron chi connectivity index (χ0n) is 8.31. The smallest absolute Gasteiger partial charge is 0.271 e. The number of carbonyl (C=O) groups is 1. The van der Waals surface area contributed by atoms with E-state index in [1.54, 1.807) is 0 Å². The Hall–Kier alpha value is -0.560. The zero-order chi connectivity index (χ0) is 11.5. The third-order valence-corrected chi connectivity index (χ3v) is 2.23. The van der Waals surface area contributed by atoms with Crippen LogP contribution in [0.5, 0.6) is 0 Å². The minimum atomic E-state index is -3.16. The molecule has 1 amide bonds. The number of hydrogen-bond donors (Lipinski definition) is 2. The van der Waals surface area contributed by atoms with Gasteiger partial charge in [0, 0.05) is 0 Å². The molecule has 1 unspecified atom stereocenters. The van der Waals surface area contributed by atoms with E-state index in [0.29, 0.717) is 6.54 Å². The Morgan fingerprint density at radius 1 is 1.50 bits per heavy atom. The molecule has 1 saturated heterocycles. The highest BCUT2D eigenvalue weighted by atomic mass is 35.5. The van der Waals surface area contributed by atoms with Crippen LogP contribution in [0.1, 0.15) is 6.42 Å². The second-order valence-corrected chi connectivity index (χ2v) is 3.42. The summed E-state index contributed by atoms with van der Waals surface area (Å²) in [5, 5.41) is 4.26. The molecule has 0 aromatic carbocycles. The lowest BCUT2D eigenvalue weighted by molar-refractivity contribution is -0.143. The number of piperidine rings is 1. The lowest BCUT2D eigenvalue weighted by Crippen LogP contribution is -2.52. The number of hydrogen-bond acceptors (Lipinski definition) is 2. The highest BCUT2D eigenvalue weighted by Crippen LogP contribution is 2.29. The Kier molecular flexibility index (Phi) is 6.02. The van der Waals surface area contributed by atoms with Crippen molar-refractivity contribution in [2.75, 3.05) is 19.6 Å². The van der Waals surface area contributed by atoms with Crippen LogP contribution in [0.25, 0.3) is 0 Å². The molecule has 1 fully saturated rings. The Bertz CT molecular complexity index is 240. The van der Waals surface area contributed by atoms with Crippen molar-refractivity contribution in [1.29, 1.82) is 0 Å². The Morgan fingerprint density at radius 2 is 2.12 bits per heavy atom. The number of rotatable bonds is 3. The van der Waals surface area contributed by atoms with Crippen molar-refractivity contribution in [2.45, 2.75) is 18.8 Å². The average molecular weight is 265 g/mol. The summed E-state index contributed by atoms with van der Waals surface area (Å²) in [6, 6.07) is 0. The Morgan fingerprint density at radius 3 is 2.62 bits per heavy atom. The van der Waals surface area contributed by atoms with Crippen LogP contribution in [0, 0.1) is 5.92 Å². The summed E-state index contributed by atoms with van der Waals surface area (Å²) in [6.45, 7) is -1.17. The van der Waals surface area contributed by atoms with Crippen molar-refractivity contribution in [2.24, 2.45) is 5.92 Å². The van der Waals surface area contributed by atoms with Crippen LogP contribution in [0.3, 0.4) is 0 Å².